The van der Waals surface area contributed by atoms with Gasteiger partial charge in [0.15, 0.2) is 0 Å². The molecule has 2 heterocycles. The van der Waals surface area contributed by atoms with Crippen LogP contribution in [-0.4, -0.2) is 60.0 Å². The number of carbonyl (C=O) groups is 1. The zero-order valence-corrected chi connectivity index (χ0v) is 14.1. The second-order valence-corrected chi connectivity index (χ2v) is 5.99. The van der Waals surface area contributed by atoms with Gasteiger partial charge in [-0.15, -0.1) is 0 Å². The van der Waals surface area contributed by atoms with Crippen LogP contribution in [0.15, 0.2) is 42.7 Å². The Morgan fingerprint density at radius 2 is 1.76 bits per heavy atom. The Kier molecular flexibility index (Phi) is 5.90. The fourth-order valence-electron chi connectivity index (χ4n) is 2.83. The Morgan fingerprint density at radius 1 is 1.08 bits per heavy atom. The van der Waals surface area contributed by atoms with Crippen molar-refractivity contribution in [3.8, 4) is 0 Å². The molecule has 3 rings (SSSR count). The fraction of sp³-hybridized carbons (Fsp3) is 0.389. The molecule has 0 spiro atoms. The minimum absolute atomic E-state index is 0.161. The van der Waals surface area contributed by atoms with Crippen molar-refractivity contribution in [1.29, 1.82) is 0 Å². The molecule has 1 aliphatic rings. The smallest absolute Gasteiger partial charge is 0.251 e. The summed E-state index contributed by atoms with van der Waals surface area (Å²) in [6, 6.07) is 7.40. The van der Waals surface area contributed by atoms with Gasteiger partial charge in [0.05, 0.1) is 0 Å². The molecule has 1 aromatic carbocycles. The van der Waals surface area contributed by atoms with Crippen LogP contribution in [0, 0.1) is 5.82 Å². The Hall–Kier alpha value is -2.54. The van der Waals surface area contributed by atoms with Gasteiger partial charge in [-0.1, -0.05) is 0 Å². The molecule has 1 aliphatic heterocycles. The molecule has 132 valence electrons. The average Bonchev–Trinajstić information content (AvgIpc) is 2.67. The Balaban J connectivity index is 1.34. The normalized spacial score (nSPS) is 15.2. The number of hydrogen-bond donors (Lipinski definition) is 1. The van der Waals surface area contributed by atoms with Crippen LogP contribution in [0.5, 0.6) is 0 Å². The lowest BCUT2D eigenvalue weighted by molar-refractivity contribution is 0.0951. The molecule has 1 fully saturated rings. The molecular weight excluding hydrogens is 321 g/mol. The molecule has 1 amide bonds. The van der Waals surface area contributed by atoms with Gasteiger partial charge in [-0.3, -0.25) is 9.69 Å². The molecule has 0 aliphatic carbocycles. The molecule has 0 radical (unpaired) electrons. The molecule has 0 unspecified atom stereocenters. The van der Waals surface area contributed by atoms with Gasteiger partial charge in [-0.2, -0.15) is 0 Å². The lowest BCUT2D eigenvalue weighted by Gasteiger charge is -2.34. The van der Waals surface area contributed by atoms with Crippen molar-refractivity contribution in [2.24, 2.45) is 0 Å². The van der Waals surface area contributed by atoms with Crippen molar-refractivity contribution < 1.29 is 9.18 Å². The van der Waals surface area contributed by atoms with Gasteiger partial charge in [-0.25, -0.2) is 14.4 Å². The lowest BCUT2D eigenvalue weighted by atomic mass is 10.2. The van der Waals surface area contributed by atoms with Gasteiger partial charge >= 0.3 is 0 Å². The number of rotatable bonds is 6. The zero-order valence-electron chi connectivity index (χ0n) is 14.1. The third kappa shape index (κ3) is 4.96. The number of amides is 1. The van der Waals surface area contributed by atoms with E-state index in [2.05, 4.69) is 25.1 Å². The summed E-state index contributed by atoms with van der Waals surface area (Å²) in [6.45, 7) is 5.29. The predicted molar refractivity (Wildman–Crippen MR) is 94.0 cm³/mol. The maximum atomic E-state index is 12.9. The molecule has 0 bridgehead atoms. The van der Waals surface area contributed by atoms with Crippen LogP contribution >= 0.6 is 0 Å². The van der Waals surface area contributed by atoms with Gasteiger partial charge in [0.2, 0.25) is 5.95 Å². The molecule has 0 saturated carbocycles. The molecule has 7 heteroatoms. The van der Waals surface area contributed by atoms with Crippen LogP contribution in [0.25, 0.3) is 0 Å². The van der Waals surface area contributed by atoms with Crippen molar-refractivity contribution in [3.63, 3.8) is 0 Å². The van der Waals surface area contributed by atoms with E-state index in [0.29, 0.717) is 12.1 Å². The summed E-state index contributed by atoms with van der Waals surface area (Å²) in [4.78, 5) is 25.1. The Bertz CT molecular complexity index is 672. The number of nitrogens with one attached hydrogen (secondary N) is 1. The molecule has 1 aromatic heterocycles. The van der Waals surface area contributed by atoms with E-state index in [1.165, 1.54) is 24.3 Å². The van der Waals surface area contributed by atoms with Gasteiger partial charge in [-0.05, 0) is 43.3 Å². The molecule has 1 saturated heterocycles. The van der Waals surface area contributed by atoms with E-state index in [4.69, 9.17) is 0 Å². The van der Waals surface area contributed by atoms with Gasteiger partial charge in [0.25, 0.3) is 5.91 Å². The first kappa shape index (κ1) is 17.3. The highest BCUT2D eigenvalue weighted by Crippen LogP contribution is 2.09. The summed E-state index contributed by atoms with van der Waals surface area (Å²) in [6.07, 6.45) is 4.41. The predicted octanol–water partition coefficient (Wildman–Crippen LogP) is 1.56. The standard InChI is InChI=1S/C18H22FN5O/c19-16-5-3-15(4-6-16)17(25)20-9-2-10-23-11-13-24(14-12-23)18-21-7-1-8-22-18/h1,3-8H,2,9-14H2,(H,20,25). The first-order valence-electron chi connectivity index (χ1n) is 8.50. The van der Waals surface area contributed by atoms with E-state index >= 15 is 0 Å². The summed E-state index contributed by atoms with van der Waals surface area (Å²) in [7, 11) is 0. The number of anilines is 1. The summed E-state index contributed by atoms with van der Waals surface area (Å²) in [5.41, 5.74) is 0.484. The highest BCUT2D eigenvalue weighted by molar-refractivity contribution is 5.94. The highest BCUT2D eigenvalue weighted by Gasteiger charge is 2.18. The minimum Gasteiger partial charge on any atom is -0.352 e. The monoisotopic (exact) mass is 343 g/mol. The minimum atomic E-state index is -0.336. The third-order valence-corrected chi connectivity index (χ3v) is 4.25. The van der Waals surface area contributed by atoms with Crippen molar-refractivity contribution in [1.82, 2.24) is 20.2 Å². The van der Waals surface area contributed by atoms with Gasteiger partial charge in [0, 0.05) is 50.7 Å². The van der Waals surface area contributed by atoms with Crippen molar-refractivity contribution >= 4 is 11.9 Å². The average molecular weight is 343 g/mol. The lowest BCUT2D eigenvalue weighted by Crippen LogP contribution is -2.47. The summed E-state index contributed by atoms with van der Waals surface area (Å²) >= 11 is 0. The fourth-order valence-corrected chi connectivity index (χ4v) is 2.83. The topological polar surface area (TPSA) is 61.4 Å². The van der Waals surface area contributed by atoms with E-state index in [1.807, 2.05) is 6.07 Å². The summed E-state index contributed by atoms with van der Waals surface area (Å²) in [5, 5.41) is 2.87. The molecule has 25 heavy (non-hydrogen) atoms. The number of carbonyl (C=O) groups excluding carboxylic acids is 1. The number of halogens is 1. The van der Waals surface area contributed by atoms with Crippen LogP contribution in [0.2, 0.25) is 0 Å². The van der Waals surface area contributed by atoms with Gasteiger partial charge in [0.1, 0.15) is 5.82 Å². The van der Waals surface area contributed by atoms with Crippen molar-refractivity contribution in [2.45, 2.75) is 6.42 Å². The van der Waals surface area contributed by atoms with E-state index in [9.17, 15) is 9.18 Å². The number of aromatic nitrogens is 2. The highest BCUT2D eigenvalue weighted by atomic mass is 19.1. The molecule has 1 N–H and O–H groups in total. The van der Waals surface area contributed by atoms with E-state index < -0.39 is 0 Å². The largest absolute Gasteiger partial charge is 0.352 e. The Morgan fingerprint density at radius 3 is 2.44 bits per heavy atom. The first-order chi connectivity index (χ1) is 12.2. The summed E-state index contributed by atoms with van der Waals surface area (Å²) in [5.74, 6) is 0.288. The van der Waals surface area contributed by atoms with E-state index in [-0.39, 0.29) is 11.7 Å². The van der Waals surface area contributed by atoms with Crippen molar-refractivity contribution in [2.75, 3.05) is 44.2 Å². The quantitative estimate of drug-likeness (QED) is 0.807. The van der Waals surface area contributed by atoms with Crippen LogP contribution in [-0.2, 0) is 0 Å². The number of benzene rings is 1. The van der Waals surface area contributed by atoms with Crippen LogP contribution in [0.3, 0.4) is 0 Å². The number of piperazine rings is 1. The van der Waals surface area contributed by atoms with Gasteiger partial charge < -0.3 is 10.2 Å². The second-order valence-electron chi connectivity index (χ2n) is 5.99. The molecule has 2 aromatic rings. The first-order valence-corrected chi connectivity index (χ1v) is 8.50. The molecule has 6 nitrogen and oxygen atoms in total. The van der Waals surface area contributed by atoms with Crippen LogP contribution in [0.4, 0.5) is 10.3 Å². The van der Waals surface area contributed by atoms with E-state index in [0.717, 1.165) is 45.1 Å². The molecule has 0 atom stereocenters. The SMILES string of the molecule is O=C(NCCCN1CCN(c2ncccn2)CC1)c1ccc(F)cc1. The maximum absolute atomic E-state index is 12.9. The molecular formula is C18H22FN5O. The summed E-state index contributed by atoms with van der Waals surface area (Å²) < 4.78 is 12.9. The van der Waals surface area contributed by atoms with Crippen LogP contribution < -0.4 is 10.2 Å². The zero-order chi connectivity index (χ0) is 17.5. The maximum Gasteiger partial charge on any atom is 0.251 e. The number of nitrogens with zero attached hydrogens (tertiary/aromatic N) is 4. The Labute approximate surface area is 146 Å². The number of hydrogen-bond acceptors (Lipinski definition) is 5. The van der Waals surface area contributed by atoms with Crippen LogP contribution in [0.1, 0.15) is 16.8 Å². The van der Waals surface area contributed by atoms with E-state index in [1.54, 1.807) is 12.4 Å². The van der Waals surface area contributed by atoms with Crippen molar-refractivity contribution in [3.05, 3.63) is 54.1 Å². The second kappa shape index (κ2) is 8.53. The third-order valence-electron chi connectivity index (χ3n) is 4.25.